The summed E-state index contributed by atoms with van der Waals surface area (Å²) in [4.78, 5) is 16.0. The summed E-state index contributed by atoms with van der Waals surface area (Å²) in [7, 11) is -3.81. The van der Waals surface area contributed by atoms with Crippen molar-refractivity contribution in [2.24, 2.45) is 5.73 Å². The van der Waals surface area contributed by atoms with Gasteiger partial charge in [0, 0.05) is 41.9 Å². The molecule has 3 aromatic rings. The molecule has 0 spiro atoms. The number of nitrogens with zero attached hydrogens (tertiary/aromatic N) is 1. The van der Waals surface area contributed by atoms with Crippen LogP contribution in [0.3, 0.4) is 0 Å². The molecule has 2 amide bonds. The lowest BCUT2D eigenvalue weighted by Gasteiger charge is -2.11. The number of carbonyl (C=O) groups excluding carboxylic acids is 1. The van der Waals surface area contributed by atoms with Crippen molar-refractivity contribution in [3.63, 3.8) is 0 Å². The number of nitrogens with one attached hydrogen (secondary N) is 3. The van der Waals surface area contributed by atoms with Crippen molar-refractivity contribution in [3.05, 3.63) is 83.1 Å². The van der Waals surface area contributed by atoms with Gasteiger partial charge in [-0.2, -0.15) is 0 Å². The van der Waals surface area contributed by atoms with Crippen LogP contribution in [0.5, 0.6) is 0 Å². The Morgan fingerprint density at radius 2 is 1.80 bits per heavy atom. The van der Waals surface area contributed by atoms with E-state index < -0.39 is 16.1 Å². The van der Waals surface area contributed by atoms with Crippen molar-refractivity contribution in [3.8, 4) is 0 Å². The number of hydrogen-bond donors (Lipinski definition) is 4. The molecule has 2 aromatic carbocycles. The van der Waals surface area contributed by atoms with E-state index in [0.717, 1.165) is 5.56 Å². The summed E-state index contributed by atoms with van der Waals surface area (Å²) < 4.78 is 27.7. The Bertz CT molecular complexity index is 1120. The molecular formula is C20H20ClN5O3S. The number of pyridine rings is 1. The Labute approximate surface area is 179 Å². The van der Waals surface area contributed by atoms with Gasteiger partial charge >= 0.3 is 6.03 Å². The fraction of sp³-hybridized carbons (Fsp3) is 0.100. The Morgan fingerprint density at radius 3 is 2.47 bits per heavy atom. The molecule has 5 N–H and O–H groups in total. The molecule has 10 heteroatoms. The number of amides is 2. The number of sulfonamides is 1. The number of urea groups is 1. The SMILES string of the molecule is NCc1cc(NS(=O)(=O)c2ccc(NC(=O)NCc3cccnc3)cc2)ccc1Cl. The maximum Gasteiger partial charge on any atom is 0.319 e. The van der Waals surface area contributed by atoms with Gasteiger partial charge in [0.05, 0.1) is 4.90 Å². The predicted octanol–water partition coefficient (Wildman–Crippen LogP) is 3.32. The number of halogens is 1. The van der Waals surface area contributed by atoms with Crippen LogP contribution in [0, 0.1) is 0 Å². The predicted molar refractivity (Wildman–Crippen MR) is 117 cm³/mol. The van der Waals surface area contributed by atoms with Crippen molar-refractivity contribution < 1.29 is 13.2 Å². The molecule has 1 heterocycles. The van der Waals surface area contributed by atoms with E-state index in [1.54, 1.807) is 36.7 Å². The summed E-state index contributed by atoms with van der Waals surface area (Å²) in [5.74, 6) is 0. The summed E-state index contributed by atoms with van der Waals surface area (Å²) in [6.45, 7) is 0.513. The van der Waals surface area contributed by atoms with Gasteiger partial charge in [0.2, 0.25) is 0 Å². The molecule has 0 aliphatic carbocycles. The highest BCUT2D eigenvalue weighted by Crippen LogP contribution is 2.23. The summed E-state index contributed by atoms with van der Waals surface area (Å²) in [5.41, 5.74) is 7.91. The first-order valence-corrected chi connectivity index (χ1v) is 10.8. The molecular weight excluding hydrogens is 426 g/mol. The second-order valence-electron chi connectivity index (χ2n) is 6.31. The van der Waals surface area contributed by atoms with E-state index in [1.165, 1.54) is 24.3 Å². The standard InChI is InChI=1S/C20H20ClN5O3S/c21-19-8-5-17(10-15(19)11-22)26-30(28,29)18-6-3-16(4-7-18)25-20(27)24-13-14-2-1-9-23-12-14/h1-10,12,26H,11,13,22H2,(H2,24,25,27). The molecule has 0 saturated heterocycles. The van der Waals surface area contributed by atoms with Gasteiger partial charge in [0.15, 0.2) is 0 Å². The molecule has 3 rings (SSSR count). The van der Waals surface area contributed by atoms with E-state index in [1.807, 2.05) is 6.07 Å². The fourth-order valence-electron chi connectivity index (χ4n) is 2.59. The molecule has 0 fully saturated rings. The maximum atomic E-state index is 12.6. The first-order chi connectivity index (χ1) is 14.4. The van der Waals surface area contributed by atoms with Gasteiger partial charge in [0.25, 0.3) is 10.0 Å². The van der Waals surface area contributed by atoms with Crippen LogP contribution in [0.4, 0.5) is 16.2 Å². The maximum absolute atomic E-state index is 12.6. The van der Waals surface area contributed by atoms with E-state index in [-0.39, 0.29) is 11.4 Å². The Hall–Kier alpha value is -3.14. The first kappa shape index (κ1) is 21.6. The van der Waals surface area contributed by atoms with E-state index in [2.05, 4.69) is 20.3 Å². The van der Waals surface area contributed by atoms with Gasteiger partial charge in [-0.25, -0.2) is 13.2 Å². The number of hydrogen-bond acceptors (Lipinski definition) is 5. The monoisotopic (exact) mass is 445 g/mol. The number of nitrogens with two attached hydrogens (primary N) is 1. The van der Waals surface area contributed by atoms with Crippen LogP contribution in [-0.4, -0.2) is 19.4 Å². The molecule has 0 bridgehead atoms. The van der Waals surface area contributed by atoms with Gasteiger partial charge in [-0.3, -0.25) is 9.71 Å². The first-order valence-electron chi connectivity index (χ1n) is 8.92. The number of aromatic nitrogens is 1. The second kappa shape index (κ2) is 9.57. The van der Waals surface area contributed by atoms with E-state index in [9.17, 15) is 13.2 Å². The minimum Gasteiger partial charge on any atom is -0.334 e. The Kier molecular flexibility index (Phi) is 6.88. The molecule has 0 atom stereocenters. The lowest BCUT2D eigenvalue weighted by atomic mass is 10.2. The molecule has 156 valence electrons. The van der Waals surface area contributed by atoms with Gasteiger partial charge < -0.3 is 16.4 Å². The quantitative estimate of drug-likeness (QED) is 0.443. The molecule has 0 unspecified atom stereocenters. The zero-order valence-electron chi connectivity index (χ0n) is 15.8. The van der Waals surface area contributed by atoms with Crippen molar-refractivity contribution in [1.29, 1.82) is 0 Å². The van der Waals surface area contributed by atoms with E-state index in [0.29, 0.717) is 28.5 Å². The van der Waals surface area contributed by atoms with Crippen LogP contribution in [0.15, 0.2) is 71.9 Å². The third kappa shape index (κ3) is 5.69. The number of rotatable bonds is 7. The van der Waals surface area contributed by atoms with E-state index >= 15 is 0 Å². The molecule has 0 aliphatic heterocycles. The van der Waals surface area contributed by atoms with Gasteiger partial charge in [0.1, 0.15) is 0 Å². The third-order valence-corrected chi connectivity index (χ3v) is 5.88. The number of anilines is 2. The van der Waals surface area contributed by atoms with Gasteiger partial charge in [-0.1, -0.05) is 17.7 Å². The Morgan fingerprint density at radius 1 is 1.07 bits per heavy atom. The molecule has 30 heavy (non-hydrogen) atoms. The third-order valence-electron chi connectivity index (χ3n) is 4.12. The van der Waals surface area contributed by atoms with Gasteiger partial charge in [-0.15, -0.1) is 0 Å². The normalized spacial score (nSPS) is 11.0. The largest absolute Gasteiger partial charge is 0.334 e. The lowest BCUT2D eigenvalue weighted by Crippen LogP contribution is -2.28. The smallest absolute Gasteiger partial charge is 0.319 e. The molecule has 0 aliphatic rings. The van der Waals surface area contributed by atoms with Crippen LogP contribution in [0.2, 0.25) is 5.02 Å². The van der Waals surface area contributed by atoms with Crippen LogP contribution < -0.4 is 21.1 Å². The van der Waals surface area contributed by atoms with Crippen molar-refractivity contribution in [1.82, 2.24) is 10.3 Å². The Balaban J connectivity index is 1.62. The zero-order chi connectivity index (χ0) is 21.6. The number of benzene rings is 2. The van der Waals surface area contributed by atoms with Crippen LogP contribution in [0.25, 0.3) is 0 Å². The average Bonchev–Trinajstić information content (AvgIpc) is 2.74. The minimum atomic E-state index is -3.81. The zero-order valence-corrected chi connectivity index (χ0v) is 17.4. The van der Waals surface area contributed by atoms with Crippen molar-refractivity contribution >= 4 is 39.0 Å². The van der Waals surface area contributed by atoms with E-state index in [4.69, 9.17) is 17.3 Å². The number of carbonyl (C=O) groups is 1. The van der Waals surface area contributed by atoms with Gasteiger partial charge in [-0.05, 0) is 59.7 Å². The highest BCUT2D eigenvalue weighted by molar-refractivity contribution is 7.92. The molecule has 1 aromatic heterocycles. The lowest BCUT2D eigenvalue weighted by molar-refractivity contribution is 0.251. The average molecular weight is 446 g/mol. The summed E-state index contributed by atoms with van der Waals surface area (Å²) in [6.07, 6.45) is 3.31. The van der Waals surface area contributed by atoms with Crippen LogP contribution in [-0.2, 0) is 23.1 Å². The highest BCUT2D eigenvalue weighted by atomic mass is 35.5. The topological polar surface area (TPSA) is 126 Å². The van der Waals surface area contributed by atoms with Crippen LogP contribution in [0.1, 0.15) is 11.1 Å². The highest BCUT2D eigenvalue weighted by Gasteiger charge is 2.15. The molecule has 8 nitrogen and oxygen atoms in total. The van der Waals surface area contributed by atoms with Crippen molar-refractivity contribution in [2.45, 2.75) is 18.0 Å². The summed E-state index contributed by atoms with van der Waals surface area (Å²) >= 11 is 6.00. The summed E-state index contributed by atoms with van der Waals surface area (Å²) in [5, 5.41) is 5.82. The molecule has 0 radical (unpaired) electrons. The minimum absolute atomic E-state index is 0.0491. The van der Waals surface area contributed by atoms with Crippen LogP contribution >= 0.6 is 11.6 Å². The second-order valence-corrected chi connectivity index (χ2v) is 8.40. The molecule has 0 saturated carbocycles. The van der Waals surface area contributed by atoms with Crippen molar-refractivity contribution in [2.75, 3.05) is 10.0 Å². The fourth-order valence-corrected chi connectivity index (χ4v) is 3.83. The summed E-state index contributed by atoms with van der Waals surface area (Å²) in [6, 6.07) is 13.8.